The third-order valence-corrected chi connectivity index (χ3v) is 4.41. The molecule has 0 aromatic heterocycles. The molecule has 3 aromatic carbocycles. The van der Waals surface area contributed by atoms with Crippen molar-refractivity contribution in [3.05, 3.63) is 95.6 Å². The second-order valence-corrected chi connectivity index (χ2v) is 6.48. The van der Waals surface area contributed by atoms with Crippen molar-refractivity contribution in [3.8, 4) is 11.5 Å². The molecule has 0 amide bonds. The molecule has 0 bridgehead atoms. The van der Waals surface area contributed by atoms with E-state index in [0.717, 1.165) is 24.3 Å². The standard InChI is InChI=1S/C24H26O/c1-2-3-5-11-21-14-10-16-23(19-21)25-24-17-9-8-15-22(24)18-20-12-6-4-7-13-20/h4,6-10,12-17,19H,2-3,5,11,18H2,1H3. The van der Waals surface area contributed by atoms with E-state index in [1.165, 1.54) is 36.0 Å². The van der Waals surface area contributed by atoms with Crippen molar-refractivity contribution in [2.24, 2.45) is 0 Å². The molecule has 0 saturated carbocycles. The Morgan fingerprint density at radius 2 is 1.48 bits per heavy atom. The highest BCUT2D eigenvalue weighted by molar-refractivity contribution is 5.41. The average Bonchev–Trinajstić information content (AvgIpc) is 2.65. The fourth-order valence-corrected chi connectivity index (χ4v) is 3.04. The number of unbranched alkanes of at least 4 members (excludes halogenated alkanes) is 2. The molecule has 1 heteroatoms. The molecule has 0 radical (unpaired) electrons. The third kappa shape index (κ3) is 5.22. The minimum atomic E-state index is 0.882. The highest BCUT2D eigenvalue weighted by Crippen LogP contribution is 2.28. The molecule has 0 atom stereocenters. The monoisotopic (exact) mass is 330 g/mol. The van der Waals surface area contributed by atoms with Crippen LogP contribution in [0.3, 0.4) is 0 Å². The summed E-state index contributed by atoms with van der Waals surface area (Å²) in [5.74, 6) is 1.87. The van der Waals surface area contributed by atoms with Crippen LogP contribution in [0.25, 0.3) is 0 Å². The summed E-state index contributed by atoms with van der Waals surface area (Å²) in [6.45, 7) is 2.24. The first-order valence-electron chi connectivity index (χ1n) is 9.24. The molecule has 3 aromatic rings. The summed E-state index contributed by atoms with van der Waals surface area (Å²) in [5, 5.41) is 0. The first kappa shape index (κ1) is 17.3. The van der Waals surface area contributed by atoms with E-state index < -0.39 is 0 Å². The lowest BCUT2D eigenvalue weighted by atomic mass is 10.0. The van der Waals surface area contributed by atoms with Crippen LogP contribution in [0.1, 0.15) is 42.9 Å². The Morgan fingerprint density at radius 1 is 0.720 bits per heavy atom. The van der Waals surface area contributed by atoms with Crippen molar-refractivity contribution in [3.63, 3.8) is 0 Å². The van der Waals surface area contributed by atoms with Gasteiger partial charge in [-0.25, -0.2) is 0 Å². The first-order chi connectivity index (χ1) is 12.3. The first-order valence-corrected chi connectivity index (χ1v) is 9.24. The summed E-state index contributed by atoms with van der Waals surface area (Å²) in [4.78, 5) is 0. The maximum absolute atomic E-state index is 6.23. The van der Waals surface area contributed by atoms with Gasteiger partial charge in [-0.3, -0.25) is 0 Å². The van der Waals surface area contributed by atoms with Crippen molar-refractivity contribution in [1.29, 1.82) is 0 Å². The molecule has 0 spiro atoms. The lowest BCUT2D eigenvalue weighted by molar-refractivity contribution is 0.476. The minimum Gasteiger partial charge on any atom is -0.457 e. The van der Waals surface area contributed by atoms with Crippen LogP contribution in [0, 0.1) is 0 Å². The summed E-state index contributed by atoms with van der Waals surface area (Å²) in [6, 6.07) is 27.4. The molecule has 0 aliphatic heterocycles. The van der Waals surface area contributed by atoms with Gasteiger partial charge in [-0.1, -0.05) is 80.4 Å². The molecule has 0 saturated heterocycles. The normalized spacial score (nSPS) is 10.6. The van der Waals surface area contributed by atoms with Crippen LogP contribution in [0.15, 0.2) is 78.9 Å². The van der Waals surface area contributed by atoms with Crippen molar-refractivity contribution < 1.29 is 4.74 Å². The number of aryl methyl sites for hydroxylation is 1. The van der Waals surface area contributed by atoms with Gasteiger partial charge in [0, 0.05) is 6.42 Å². The Labute approximate surface area is 151 Å². The van der Waals surface area contributed by atoms with Crippen molar-refractivity contribution in [1.82, 2.24) is 0 Å². The fourth-order valence-electron chi connectivity index (χ4n) is 3.04. The van der Waals surface area contributed by atoms with Gasteiger partial charge in [-0.05, 0) is 47.7 Å². The average molecular weight is 330 g/mol. The largest absolute Gasteiger partial charge is 0.457 e. The van der Waals surface area contributed by atoms with Gasteiger partial charge in [0.05, 0.1) is 0 Å². The van der Waals surface area contributed by atoms with Crippen LogP contribution in [-0.4, -0.2) is 0 Å². The quantitative estimate of drug-likeness (QED) is 0.413. The zero-order valence-corrected chi connectivity index (χ0v) is 14.9. The molecule has 128 valence electrons. The Kier molecular flexibility index (Phi) is 6.28. The second-order valence-electron chi connectivity index (χ2n) is 6.48. The van der Waals surface area contributed by atoms with Crippen LogP contribution in [0.5, 0.6) is 11.5 Å². The van der Waals surface area contributed by atoms with E-state index in [-0.39, 0.29) is 0 Å². The SMILES string of the molecule is CCCCCc1cccc(Oc2ccccc2Cc2ccccc2)c1. The Morgan fingerprint density at radius 3 is 2.32 bits per heavy atom. The number of rotatable bonds is 8. The van der Waals surface area contributed by atoms with Crippen molar-refractivity contribution in [2.45, 2.75) is 39.0 Å². The zero-order valence-electron chi connectivity index (χ0n) is 14.9. The van der Waals surface area contributed by atoms with Gasteiger partial charge in [0.15, 0.2) is 0 Å². The molecule has 1 nitrogen and oxygen atoms in total. The maximum atomic E-state index is 6.23. The summed E-state index contributed by atoms with van der Waals surface area (Å²) >= 11 is 0. The van der Waals surface area contributed by atoms with Crippen LogP contribution in [0.4, 0.5) is 0 Å². The van der Waals surface area contributed by atoms with E-state index >= 15 is 0 Å². The summed E-state index contributed by atoms with van der Waals surface area (Å²) < 4.78 is 6.23. The maximum Gasteiger partial charge on any atom is 0.130 e. The molecule has 0 heterocycles. The van der Waals surface area contributed by atoms with E-state index in [0.29, 0.717) is 0 Å². The molecule has 0 N–H and O–H groups in total. The van der Waals surface area contributed by atoms with Crippen molar-refractivity contribution in [2.75, 3.05) is 0 Å². The van der Waals surface area contributed by atoms with Gasteiger partial charge in [0.2, 0.25) is 0 Å². The van der Waals surface area contributed by atoms with Crippen molar-refractivity contribution >= 4 is 0 Å². The number of hydrogen-bond donors (Lipinski definition) is 0. The van der Waals surface area contributed by atoms with Gasteiger partial charge < -0.3 is 4.74 Å². The number of ether oxygens (including phenoxy) is 1. The second kappa shape index (κ2) is 9.08. The zero-order chi connectivity index (χ0) is 17.3. The topological polar surface area (TPSA) is 9.23 Å². The van der Waals surface area contributed by atoms with E-state index in [2.05, 4.69) is 73.7 Å². The number of para-hydroxylation sites is 1. The van der Waals surface area contributed by atoms with Crippen LogP contribution in [0.2, 0.25) is 0 Å². The summed E-state index contributed by atoms with van der Waals surface area (Å²) in [7, 11) is 0. The molecular formula is C24H26O. The molecular weight excluding hydrogens is 304 g/mol. The molecule has 25 heavy (non-hydrogen) atoms. The lowest BCUT2D eigenvalue weighted by Gasteiger charge is -2.12. The Bertz CT molecular complexity index is 777. The molecule has 0 aliphatic carbocycles. The predicted octanol–water partition coefficient (Wildman–Crippen LogP) is 6.80. The number of benzene rings is 3. The summed E-state index contributed by atoms with van der Waals surface area (Å²) in [6.07, 6.45) is 5.78. The van der Waals surface area contributed by atoms with E-state index in [9.17, 15) is 0 Å². The predicted molar refractivity (Wildman–Crippen MR) is 105 cm³/mol. The smallest absolute Gasteiger partial charge is 0.130 e. The van der Waals surface area contributed by atoms with Crippen LogP contribution >= 0.6 is 0 Å². The number of hydrogen-bond acceptors (Lipinski definition) is 1. The molecule has 0 aliphatic rings. The minimum absolute atomic E-state index is 0.882. The third-order valence-electron chi connectivity index (χ3n) is 4.41. The Hall–Kier alpha value is -2.54. The van der Waals surface area contributed by atoms with Gasteiger partial charge in [0.1, 0.15) is 11.5 Å². The molecule has 3 rings (SSSR count). The van der Waals surface area contributed by atoms with Crippen LogP contribution in [-0.2, 0) is 12.8 Å². The highest BCUT2D eigenvalue weighted by Gasteiger charge is 2.06. The van der Waals surface area contributed by atoms with E-state index in [4.69, 9.17) is 4.74 Å². The Balaban J connectivity index is 1.74. The van der Waals surface area contributed by atoms with Gasteiger partial charge >= 0.3 is 0 Å². The van der Waals surface area contributed by atoms with Crippen LogP contribution < -0.4 is 4.74 Å². The summed E-state index contributed by atoms with van der Waals surface area (Å²) in [5.41, 5.74) is 3.86. The van der Waals surface area contributed by atoms with E-state index in [1.807, 2.05) is 12.1 Å². The lowest BCUT2D eigenvalue weighted by Crippen LogP contribution is -1.94. The van der Waals surface area contributed by atoms with Gasteiger partial charge in [-0.2, -0.15) is 0 Å². The van der Waals surface area contributed by atoms with Gasteiger partial charge in [0.25, 0.3) is 0 Å². The molecule has 0 unspecified atom stereocenters. The van der Waals surface area contributed by atoms with E-state index in [1.54, 1.807) is 0 Å². The molecule has 0 fully saturated rings. The van der Waals surface area contributed by atoms with Gasteiger partial charge in [-0.15, -0.1) is 0 Å². The highest BCUT2D eigenvalue weighted by atomic mass is 16.5. The fraction of sp³-hybridized carbons (Fsp3) is 0.250.